The number of pyridine rings is 1. The second kappa shape index (κ2) is 5.93. The van der Waals surface area contributed by atoms with E-state index in [1.165, 1.54) is 0 Å². The Bertz CT molecular complexity index is 315. The van der Waals surface area contributed by atoms with Gasteiger partial charge in [0.05, 0.1) is 18.9 Å². The van der Waals surface area contributed by atoms with Gasteiger partial charge >= 0.3 is 0 Å². The van der Waals surface area contributed by atoms with E-state index in [4.69, 9.17) is 21.1 Å². The van der Waals surface area contributed by atoms with Gasteiger partial charge in [-0.15, -0.1) is 0 Å². The average Bonchev–Trinajstić information content (AvgIpc) is 2.18. The van der Waals surface area contributed by atoms with Gasteiger partial charge in [0.15, 0.2) is 0 Å². The Morgan fingerprint density at radius 1 is 1.40 bits per heavy atom. The van der Waals surface area contributed by atoms with E-state index in [-0.39, 0.29) is 6.10 Å². The summed E-state index contributed by atoms with van der Waals surface area (Å²) in [6.07, 6.45) is 1.85. The fourth-order valence-electron chi connectivity index (χ4n) is 1.05. The molecule has 1 heterocycles. The van der Waals surface area contributed by atoms with Gasteiger partial charge in [-0.3, -0.25) is 0 Å². The number of aryl methyl sites for hydroxylation is 1. The molecule has 0 amide bonds. The third-order valence-corrected chi connectivity index (χ3v) is 2.19. The smallest absolute Gasteiger partial charge is 0.138 e. The number of rotatable bonds is 5. The summed E-state index contributed by atoms with van der Waals surface area (Å²) in [5.41, 5.74) is 0.916. The van der Waals surface area contributed by atoms with Gasteiger partial charge < -0.3 is 9.47 Å². The summed E-state index contributed by atoms with van der Waals surface area (Å²) in [6, 6.07) is 1.87. The molecule has 0 aromatic carbocycles. The first-order valence-corrected chi connectivity index (χ1v) is 5.34. The van der Waals surface area contributed by atoms with Crippen molar-refractivity contribution in [2.24, 2.45) is 0 Å². The summed E-state index contributed by atoms with van der Waals surface area (Å²) in [7, 11) is 0. The van der Waals surface area contributed by atoms with Gasteiger partial charge in [0.1, 0.15) is 17.5 Å². The van der Waals surface area contributed by atoms with Crippen LogP contribution < -0.4 is 4.74 Å². The van der Waals surface area contributed by atoms with Crippen molar-refractivity contribution in [2.75, 3.05) is 13.2 Å². The molecule has 0 atom stereocenters. The number of aromatic nitrogens is 1. The molecule has 3 nitrogen and oxygen atoms in total. The first kappa shape index (κ1) is 12.3. The van der Waals surface area contributed by atoms with Gasteiger partial charge in [0.2, 0.25) is 0 Å². The molecule has 1 rings (SSSR count). The molecule has 0 N–H and O–H groups in total. The molecular weight excluding hydrogens is 214 g/mol. The third-order valence-electron chi connectivity index (χ3n) is 1.79. The van der Waals surface area contributed by atoms with E-state index in [0.29, 0.717) is 18.4 Å². The maximum absolute atomic E-state index is 5.79. The predicted molar refractivity (Wildman–Crippen MR) is 60.6 cm³/mol. The first-order valence-electron chi connectivity index (χ1n) is 4.96. The minimum absolute atomic E-state index is 0.235. The Kier molecular flexibility index (Phi) is 4.85. The molecule has 0 fully saturated rings. The van der Waals surface area contributed by atoms with Crippen LogP contribution in [0, 0.1) is 6.92 Å². The van der Waals surface area contributed by atoms with Gasteiger partial charge in [0, 0.05) is 0 Å². The summed E-state index contributed by atoms with van der Waals surface area (Å²) in [5.74, 6) is 0.726. The molecule has 0 saturated heterocycles. The first-order chi connectivity index (χ1) is 7.09. The van der Waals surface area contributed by atoms with Crippen LogP contribution in [0.15, 0.2) is 12.3 Å². The maximum atomic E-state index is 5.79. The fraction of sp³-hybridized carbons (Fsp3) is 0.545. The van der Waals surface area contributed by atoms with Crippen molar-refractivity contribution in [3.8, 4) is 5.75 Å². The molecule has 15 heavy (non-hydrogen) atoms. The molecule has 0 radical (unpaired) electrons. The largest absolute Gasteiger partial charge is 0.490 e. The van der Waals surface area contributed by atoms with Crippen LogP contribution in [0.25, 0.3) is 0 Å². The molecule has 0 bridgehead atoms. The third kappa shape index (κ3) is 4.49. The normalized spacial score (nSPS) is 10.7. The van der Waals surface area contributed by atoms with Crippen molar-refractivity contribution < 1.29 is 9.47 Å². The highest BCUT2D eigenvalue weighted by Crippen LogP contribution is 2.17. The van der Waals surface area contributed by atoms with Crippen molar-refractivity contribution in [1.29, 1.82) is 0 Å². The lowest BCUT2D eigenvalue weighted by Crippen LogP contribution is -2.11. The van der Waals surface area contributed by atoms with E-state index < -0.39 is 0 Å². The van der Waals surface area contributed by atoms with E-state index in [2.05, 4.69) is 4.98 Å². The molecule has 1 aromatic heterocycles. The molecule has 4 heteroatoms. The topological polar surface area (TPSA) is 31.4 Å². The zero-order valence-electron chi connectivity index (χ0n) is 9.29. The lowest BCUT2D eigenvalue weighted by atomic mass is 10.3. The Hall–Kier alpha value is -0.800. The van der Waals surface area contributed by atoms with Crippen molar-refractivity contribution >= 4 is 11.6 Å². The molecule has 84 valence electrons. The SMILES string of the molecule is Cc1cc(OCCOC(C)C)cnc1Cl. The van der Waals surface area contributed by atoms with Gasteiger partial charge in [-0.05, 0) is 32.4 Å². The van der Waals surface area contributed by atoms with Crippen LogP contribution in [0.1, 0.15) is 19.4 Å². The Morgan fingerprint density at radius 3 is 2.73 bits per heavy atom. The van der Waals surface area contributed by atoms with Crippen LogP contribution in [-0.4, -0.2) is 24.3 Å². The van der Waals surface area contributed by atoms with Crippen LogP contribution in [0.3, 0.4) is 0 Å². The van der Waals surface area contributed by atoms with Gasteiger partial charge in [-0.1, -0.05) is 11.6 Å². The summed E-state index contributed by atoms with van der Waals surface area (Å²) < 4.78 is 10.8. The molecule has 0 aliphatic rings. The molecule has 0 aliphatic carbocycles. The Labute approximate surface area is 95.4 Å². The van der Waals surface area contributed by atoms with Crippen LogP contribution in [0.2, 0.25) is 5.15 Å². The van der Waals surface area contributed by atoms with E-state index in [9.17, 15) is 0 Å². The maximum Gasteiger partial charge on any atom is 0.138 e. The summed E-state index contributed by atoms with van der Waals surface area (Å²) in [4.78, 5) is 3.99. The summed E-state index contributed by atoms with van der Waals surface area (Å²) in [5, 5.41) is 0.515. The molecule has 0 spiro atoms. The molecule has 0 saturated carbocycles. The molecule has 0 unspecified atom stereocenters. The van der Waals surface area contributed by atoms with E-state index in [0.717, 1.165) is 11.3 Å². The monoisotopic (exact) mass is 229 g/mol. The van der Waals surface area contributed by atoms with Crippen LogP contribution in [0.5, 0.6) is 5.75 Å². The average molecular weight is 230 g/mol. The molecule has 0 aliphatic heterocycles. The fourth-order valence-corrected chi connectivity index (χ4v) is 1.16. The van der Waals surface area contributed by atoms with Crippen molar-refractivity contribution in [3.05, 3.63) is 23.0 Å². The number of hydrogen-bond acceptors (Lipinski definition) is 3. The molecular formula is C11H16ClNO2. The molecule has 1 aromatic rings. The van der Waals surface area contributed by atoms with Crippen LogP contribution >= 0.6 is 11.6 Å². The highest BCUT2D eigenvalue weighted by molar-refractivity contribution is 6.30. The minimum Gasteiger partial charge on any atom is -0.490 e. The quantitative estimate of drug-likeness (QED) is 0.575. The second-order valence-electron chi connectivity index (χ2n) is 3.55. The lowest BCUT2D eigenvalue weighted by Gasteiger charge is -2.09. The van der Waals surface area contributed by atoms with Gasteiger partial charge in [-0.25, -0.2) is 4.98 Å². The zero-order chi connectivity index (χ0) is 11.3. The van der Waals surface area contributed by atoms with Crippen LogP contribution in [-0.2, 0) is 4.74 Å². The highest BCUT2D eigenvalue weighted by atomic mass is 35.5. The van der Waals surface area contributed by atoms with E-state index >= 15 is 0 Å². The number of ether oxygens (including phenoxy) is 2. The van der Waals surface area contributed by atoms with Crippen molar-refractivity contribution in [1.82, 2.24) is 4.98 Å². The highest BCUT2D eigenvalue weighted by Gasteiger charge is 2.00. The van der Waals surface area contributed by atoms with Crippen molar-refractivity contribution in [2.45, 2.75) is 26.9 Å². The minimum atomic E-state index is 0.235. The lowest BCUT2D eigenvalue weighted by molar-refractivity contribution is 0.0552. The van der Waals surface area contributed by atoms with E-state index in [1.807, 2.05) is 26.8 Å². The predicted octanol–water partition coefficient (Wildman–Crippen LogP) is 2.85. The summed E-state index contributed by atoms with van der Waals surface area (Å²) in [6.45, 7) is 7.00. The van der Waals surface area contributed by atoms with Gasteiger partial charge in [0.25, 0.3) is 0 Å². The standard InChI is InChI=1S/C11H16ClNO2/c1-8(2)14-4-5-15-10-6-9(3)11(12)13-7-10/h6-8H,4-5H2,1-3H3. The van der Waals surface area contributed by atoms with Gasteiger partial charge in [-0.2, -0.15) is 0 Å². The summed E-state index contributed by atoms with van der Waals surface area (Å²) >= 11 is 5.79. The Morgan fingerprint density at radius 2 is 2.13 bits per heavy atom. The second-order valence-corrected chi connectivity index (χ2v) is 3.90. The zero-order valence-corrected chi connectivity index (χ0v) is 10.0. The number of hydrogen-bond donors (Lipinski definition) is 0. The number of halogens is 1. The van der Waals surface area contributed by atoms with Crippen molar-refractivity contribution in [3.63, 3.8) is 0 Å². The number of nitrogens with zero attached hydrogens (tertiary/aromatic N) is 1. The van der Waals surface area contributed by atoms with Crippen LogP contribution in [0.4, 0.5) is 0 Å². The Balaban J connectivity index is 2.35. The van der Waals surface area contributed by atoms with E-state index in [1.54, 1.807) is 6.20 Å².